The quantitative estimate of drug-likeness (QED) is 0.780. The summed E-state index contributed by atoms with van der Waals surface area (Å²) in [7, 11) is 1.86. The molecule has 15 heavy (non-hydrogen) atoms. The molecular formula is C11H15NO3. The van der Waals surface area contributed by atoms with E-state index in [0.717, 1.165) is 11.3 Å². The summed E-state index contributed by atoms with van der Waals surface area (Å²) < 4.78 is 0. The lowest BCUT2D eigenvalue weighted by Crippen LogP contribution is -2.22. The standard InChI is InChI=1S/C11H15NO3/c1-8-7-9(11(14)15)3-4-10(8)12(2)5-6-13/h3-4,7,13H,5-6H2,1-2H3,(H,14,15). The van der Waals surface area contributed by atoms with Crippen molar-refractivity contribution in [3.05, 3.63) is 29.3 Å². The Hall–Kier alpha value is -1.55. The summed E-state index contributed by atoms with van der Waals surface area (Å²) in [5.74, 6) is -0.922. The van der Waals surface area contributed by atoms with Crippen molar-refractivity contribution in [3.8, 4) is 0 Å². The highest BCUT2D eigenvalue weighted by atomic mass is 16.4. The van der Waals surface area contributed by atoms with Crippen molar-refractivity contribution >= 4 is 11.7 Å². The van der Waals surface area contributed by atoms with E-state index in [0.29, 0.717) is 6.54 Å². The summed E-state index contributed by atoms with van der Waals surface area (Å²) in [6, 6.07) is 4.96. The predicted molar refractivity (Wildman–Crippen MR) is 58.5 cm³/mol. The fraction of sp³-hybridized carbons (Fsp3) is 0.364. The van der Waals surface area contributed by atoms with Gasteiger partial charge in [-0.05, 0) is 30.7 Å². The first-order valence-electron chi connectivity index (χ1n) is 4.72. The third kappa shape index (κ3) is 2.70. The van der Waals surface area contributed by atoms with Crippen molar-refractivity contribution in [1.29, 1.82) is 0 Å². The van der Waals surface area contributed by atoms with Crippen LogP contribution in [0.25, 0.3) is 0 Å². The normalized spacial score (nSPS) is 10.1. The van der Waals surface area contributed by atoms with Crippen molar-refractivity contribution < 1.29 is 15.0 Å². The second-order valence-corrected chi connectivity index (χ2v) is 3.45. The first-order valence-corrected chi connectivity index (χ1v) is 4.72. The number of rotatable bonds is 4. The number of hydrogen-bond donors (Lipinski definition) is 2. The molecule has 0 aliphatic rings. The summed E-state index contributed by atoms with van der Waals surface area (Å²) in [6.07, 6.45) is 0. The number of aryl methyl sites for hydroxylation is 1. The lowest BCUT2D eigenvalue weighted by atomic mass is 10.1. The lowest BCUT2D eigenvalue weighted by molar-refractivity contribution is 0.0697. The van der Waals surface area contributed by atoms with E-state index in [-0.39, 0.29) is 12.2 Å². The Morgan fingerprint density at radius 3 is 2.60 bits per heavy atom. The van der Waals surface area contributed by atoms with Gasteiger partial charge in [0, 0.05) is 19.3 Å². The van der Waals surface area contributed by atoms with E-state index in [1.807, 2.05) is 18.9 Å². The predicted octanol–water partition coefficient (Wildman–Crippen LogP) is 1.12. The number of aliphatic hydroxyl groups is 1. The Morgan fingerprint density at radius 2 is 2.13 bits per heavy atom. The maximum absolute atomic E-state index is 10.7. The maximum atomic E-state index is 10.7. The molecule has 0 radical (unpaired) electrons. The molecule has 0 fully saturated rings. The topological polar surface area (TPSA) is 60.8 Å². The monoisotopic (exact) mass is 209 g/mol. The highest BCUT2D eigenvalue weighted by Gasteiger charge is 2.08. The Bertz CT molecular complexity index is 363. The van der Waals surface area contributed by atoms with Crippen LogP contribution >= 0.6 is 0 Å². The van der Waals surface area contributed by atoms with Gasteiger partial charge in [0.2, 0.25) is 0 Å². The Morgan fingerprint density at radius 1 is 1.47 bits per heavy atom. The van der Waals surface area contributed by atoms with Gasteiger partial charge in [0.25, 0.3) is 0 Å². The zero-order chi connectivity index (χ0) is 11.4. The van der Waals surface area contributed by atoms with Crippen LogP contribution in [-0.2, 0) is 0 Å². The number of aromatic carboxylic acids is 1. The van der Waals surface area contributed by atoms with Crippen LogP contribution < -0.4 is 4.90 Å². The second kappa shape index (κ2) is 4.79. The number of likely N-dealkylation sites (N-methyl/N-ethyl adjacent to an activating group) is 1. The molecule has 4 nitrogen and oxygen atoms in total. The highest BCUT2D eigenvalue weighted by molar-refractivity contribution is 5.88. The van der Waals surface area contributed by atoms with Gasteiger partial charge in [-0.15, -0.1) is 0 Å². The maximum Gasteiger partial charge on any atom is 0.335 e. The van der Waals surface area contributed by atoms with Gasteiger partial charge in [-0.1, -0.05) is 0 Å². The van der Waals surface area contributed by atoms with Crippen LogP contribution in [0.2, 0.25) is 0 Å². The van der Waals surface area contributed by atoms with E-state index in [4.69, 9.17) is 10.2 Å². The Labute approximate surface area is 88.8 Å². The molecule has 0 saturated heterocycles. The van der Waals surface area contributed by atoms with Crippen molar-refractivity contribution in [2.24, 2.45) is 0 Å². The first-order chi connectivity index (χ1) is 7.06. The van der Waals surface area contributed by atoms with E-state index in [1.54, 1.807) is 18.2 Å². The van der Waals surface area contributed by atoms with Gasteiger partial charge in [0.15, 0.2) is 0 Å². The molecule has 0 aromatic heterocycles. The number of carbonyl (C=O) groups is 1. The zero-order valence-corrected chi connectivity index (χ0v) is 8.90. The van der Waals surface area contributed by atoms with E-state index in [2.05, 4.69) is 0 Å². The number of benzene rings is 1. The third-order valence-corrected chi connectivity index (χ3v) is 2.29. The summed E-state index contributed by atoms with van der Waals surface area (Å²) in [4.78, 5) is 12.6. The average Bonchev–Trinajstić information content (AvgIpc) is 2.17. The van der Waals surface area contributed by atoms with E-state index in [1.165, 1.54) is 0 Å². The Kier molecular flexibility index (Phi) is 3.68. The molecule has 0 bridgehead atoms. The van der Waals surface area contributed by atoms with Crippen LogP contribution in [0.15, 0.2) is 18.2 Å². The van der Waals surface area contributed by atoms with Gasteiger partial charge in [-0.25, -0.2) is 4.79 Å². The third-order valence-electron chi connectivity index (χ3n) is 2.29. The Balaban J connectivity index is 2.97. The summed E-state index contributed by atoms with van der Waals surface area (Å²) >= 11 is 0. The van der Waals surface area contributed by atoms with Crippen molar-refractivity contribution in [3.63, 3.8) is 0 Å². The van der Waals surface area contributed by atoms with Crippen LogP contribution in [0.3, 0.4) is 0 Å². The zero-order valence-electron chi connectivity index (χ0n) is 8.90. The molecule has 0 spiro atoms. The number of hydrogen-bond acceptors (Lipinski definition) is 3. The van der Waals surface area contributed by atoms with Crippen LogP contribution in [0.1, 0.15) is 15.9 Å². The van der Waals surface area contributed by atoms with Gasteiger partial charge < -0.3 is 15.1 Å². The number of carboxylic acids is 1. The van der Waals surface area contributed by atoms with Crippen molar-refractivity contribution in [2.75, 3.05) is 25.1 Å². The average molecular weight is 209 g/mol. The molecule has 0 atom stereocenters. The van der Waals surface area contributed by atoms with Gasteiger partial charge in [-0.2, -0.15) is 0 Å². The molecule has 82 valence electrons. The summed E-state index contributed by atoms with van der Waals surface area (Å²) in [5, 5.41) is 17.6. The molecule has 0 amide bonds. The molecule has 0 saturated carbocycles. The van der Waals surface area contributed by atoms with Crippen LogP contribution in [0.4, 0.5) is 5.69 Å². The minimum absolute atomic E-state index is 0.0800. The molecule has 0 aliphatic carbocycles. The van der Waals surface area contributed by atoms with Crippen LogP contribution in [0, 0.1) is 6.92 Å². The van der Waals surface area contributed by atoms with Crippen molar-refractivity contribution in [2.45, 2.75) is 6.92 Å². The fourth-order valence-electron chi connectivity index (χ4n) is 1.49. The van der Waals surface area contributed by atoms with Crippen molar-refractivity contribution in [1.82, 2.24) is 0 Å². The SMILES string of the molecule is Cc1cc(C(=O)O)ccc1N(C)CCO. The van der Waals surface area contributed by atoms with Gasteiger partial charge >= 0.3 is 5.97 Å². The lowest BCUT2D eigenvalue weighted by Gasteiger charge is -2.20. The van der Waals surface area contributed by atoms with E-state index < -0.39 is 5.97 Å². The largest absolute Gasteiger partial charge is 0.478 e. The van der Waals surface area contributed by atoms with Crippen LogP contribution in [0.5, 0.6) is 0 Å². The molecule has 0 heterocycles. The minimum Gasteiger partial charge on any atom is -0.478 e. The van der Waals surface area contributed by atoms with Crippen LogP contribution in [-0.4, -0.2) is 36.4 Å². The summed E-state index contributed by atoms with van der Waals surface area (Å²) in [6.45, 7) is 2.47. The molecule has 0 aliphatic heterocycles. The minimum atomic E-state index is -0.922. The van der Waals surface area contributed by atoms with Gasteiger partial charge in [0.05, 0.1) is 12.2 Å². The fourth-order valence-corrected chi connectivity index (χ4v) is 1.49. The molecule has 1 aromatic carbocycles. The highest BCUT2D eigenvalue weighted by Crippen LogP contribution is 2.19. The smallest absolute Gasteiger partial charge is 0.335 e. The molecule has 4 heteroatoms. The number of anilines is 1. The summed E-state index contributed by atoms with van der Waals surface area (Å²) in [5.41, 5.74) is 2.12. The van der Waals surface area contributed by atoms with E-state index in [9.17, 15) is 4.79 Å². The molecule has 1 rings (SSSR count). The molecule has 1 aromatic rings. The van der Waals surface area contributed by atoms with Gasteiger partial charge in [0.1, 0.15) is 0 Å². The molecule has 0 unspecified atom stereocenters. The first kappa shape index (κ1) is 11.5. The number of aliphatic hydroxyl groups excluding tert-OH is 1. The van der Waals surface area contributed by atoms with E-state index >= 15 is 0 Å². The molecule has 2 N–H and O–H groups in total. The van der Waals surface area contributed by atoms with Gasteiger partial charge in [-0.3, -0.25) is 0 Å². The molecular weight excluding hydrogens is 194 g/mol. The second-order valence-electron chi connectivity index (χ2n) is 3.45. The number of carboxylic acid groups (broad SMARTS) is 1. The number of nitrogens with zero attached hydrogens (tertiary/aromatic N) is 1.